The smallest absolute Gasteiger partial charge is 0.326 e. The Morgan fingerprint density at radius 3 is 2.47 bits per heavy atom. The van der Waals surface area contributed by atoms with E-state index < -0.39 is 12.0 Å². The minimum Gasteiger partial charge on any atom is -0.480 e. The second-order valence-electron chi connectivity index (χ2n) is 6.43. The Morgan fingerprint density at radius 2 is 2.05 bits per heavy atom. The zero-order valence-corrected chi connectivity index (χ0v) is 12.4. The molecule has 1 fully saturated rings. The Balaban J connectivity index is 2.53. The third-order valence-electron chi connectivity index (χ3n) is 3.87. The first-order valence-corrected chi connectivity index (χ1v) is 7.04. The average molecular weight is 270 g/mol. The minimum atomic E-state index is -0.957. The Hall–Kier alpha value is -1.26. The molecule has 0 saturated carbocycles. The van der Waals surface area contributed by atoms with Gasteiger partial charge in [-0.3, -0.25) is 0 Å². The molecule has 2 unspecified atom stereocenters. The van der Waals surface area contributed by atoms with Crippen LogP contribution >= 0.6 is 0 Å². The number of hydrogen-bond acceptors (Lipinski definition) is 2. The number of likely N-dealkylation sites (tertiary alicyclic amines) is 1. The summed E-state index contributed by atoms with van der Waals surface area (Å²) in [5, 5.41) is 11.7. The average Bonchev–Trinajstić information content (AvgIpc) is 2.76. The molecule has 0 radical (unpaired) electrons. The molecule has 1 saturated heterocycles. The quantitative estimate of drug-likeness (QED) is 0.823. The molecule has 1 aliphatic heterocycles. The van der Waals surface area contributed by atoms with Crippen LogP contribution in [0.4, 0.5) is 4.79 Å². The molecule has 2 atom stereocenters. The second-order valence-corrected chi connectivity index (χ2v) is 6.43. The van der Waals surface area contributed by atoms with Crippen molar-refractivity contribution in [3.05, 3.63) is 0 Å². The van der Waals surface area contributed by atoms with Gasteiger partial charge in [0.15, 0.2) is 0 Å². The summed E-state index contributed by atoms with van der Waals surface area (Å²) in [7, 11) is 0. The lowest BCUT2D eigenvalue weighted by molar-refractivity contribution is -0.139. The monoisotopic (exact) mass is 270 g/mol. The van der Waals surface area contributed by atoms with Gasteiger partial charge >= 0.3 is 12.0 Å². The molecule has 1 aliphatic rings. The molecule has 0 aliphatic carbocycles. The molecule has 0 spiro atoms. The van der Waals surface area contributed by atoms with Crippen LogP contribution in [0.15, 0.2) is 0 Å². The summed E-state index contributed by atoms with van der Waals surface area (Å²) < 4.78 is 0. The van der Waals surface area contributed by atoms with Gasteiger partial charge in [0.05, 0.1) is 0 Å². The highest BCUT2D eigenvalue weighted by Crippen LogP contribution is 2.33. The van der Waals surface area contributed by atoms with Gasteiger partial charge in [0.1, 0.15) is 6.04 Å². The summed E-state index contributed by atoms with van der Waals surface area (Å²) in [5.41, 5.74) is 0.185. The molecule has 0 aromatic rings. The molecule has 0 aromatic heterocycles. The molecular formula is C14H26N2O3. The highest BCUT2D eigenvalue weighted by molar-refractivity contribution is 5.82. The summed E-state index contributed by atoms with van der Waals surface area (Å²) in [6, 6.07) is -1.02. The number of carboxylic acids is 1. The van der Waals surface area contributed by atoms with Gasteiger partial charge in [-0.15, -0.1) is 0 Å². The molecule has 110 valence electrons. The van der Waals surface area contributed by atoms with Gasteiger partial charge in [-0.05, 0) is 24.2 Å². The van der Waals surface area contributed by atoms with E-state index in [4.69, 9.17) is 5.11 Å². The van der Waals surface area contributed by atoms with Crippen molar-refractivity contribution >= 4 is 12.0 Å². The number of rotatable bonds is 4. The fourth-order valence-electron chi connectivity index (χ4n) is 2.44. The number of aliphatic carboxylic acids is 1. The summed E-state index contributed by atoms with van der Waals surface area (Å²) >= 11 is 0. The van der Waals surface area contributed by atoms with Crippen LogP contribution in [0.5, 0.6) is 0 Å². The lowest BCUT2D eigenvalue weighted by Crippen LogP contribution is -2.47. The van der Waals surface area contributed by atoms with Gasteiger partial charge in [-0.1, -0.05) is 34.1 Å². The maximum atomic E-state index is 12.1. The van der Waals surface area contributed by atoms with E-state index in [1.807, 2.05) is 6.92 Å². The molecule has 5 nitrogen and oxygen atoms in total. The summed E-state index contributed by atoms with van der Waals surface area (Å²) in [6.07, 6.45) is 2.20. The van der Waals surface area contributed by atoms with Crippen molar-refractivity contribution in [3.8, 4) is 0 Å². The van der Waals surface area contributed by atoms with E-state index in [0.29, 0.717) is 25.4 Å². The molecule has 2 N–H and O–H groups in total. The van der Waals surface area contributed by atoms with Crippen molar-refractivity contribution in [1.29, 1.82) is 0 Å². The number of nitrogens with one attached hydrogen (secondary N) is 1. The van der Waals surface area contributed by atoms with Crippen molar-refractivity contribution in [2.75, 3.05) is 13.1 Å². The highest BCUT2D eigenvalue weighted by atomic mass is 16.4. The minimum absolute atomic E-state index is 0.185. The van der Waals surface area contributed by atoms with Crippen LogP contribution in [0, 0.1) is 11.3 Å². The zero-order valence-electron chi connectivity index (χ0n) is 12.4. The van der Waals surface area contributed by atoms with Crippen molar-refractivity contribution < 1.29 is 14.7 Å². The number of urea groups is 1. The molecule has 1 heterocycles. The third-order valence-corrected chi connectivity index (χ3v) is 3.87. The topological polar surface area (TPSA) is 69.6 Å². The highest BCUT2D eigenvalue weighted by Gasteiger charge is 2.34. The zero-order chi connectivity index (χ0) is 14.6. The Kier molecular flexibility index (Phi) is 5.20. The Bertz CT molecular complexity index is 336. The molecule has 0 aromatic carbocycles. The van der Waals surface area contributed by atoms with Gasteiger partial charge in [0.2, 0.25) is 0 Å². The van der Waals surface area contributed by atoms with Crippen LogP contribution in [-0.4, -0.2) is 41.1 Å². The van der Waals surface area contributed by atoms with E-state index in [0.717, 1.165) is 12.8 Å². The summed E-state index contributed by atoms with van der Waals surface area (Å²) in [5.74, 6) is -0.477. The van der Waals surface area contributed by atoms with Crippen LogP contribution in [0.3, 0.4) is 0 Å². The van der Waals surface area contributed by atoms with Gasteiger partial charge in [-0.2, -0.15) is 0 Å². The van der Waals surface area contributed by atoms with E-state index in [9.17, 15) is 9.59 Å². The van der Waals surface area contributed by atoms with Crippen LogP contribution in [0.25, 0.3) is 0 Å². The van der Waals surface area contributed by atoms with Crippen LogP contribution in [-0.2, 0) is 4.79 Å². The van der Waals surface area contributed by atoms with Gasteiger partial charge in [-0.25, -0.2) is 9.59 Å². The Morgan fingerprint density at radius 1 is 1.42 bits per heavy atom. The third kappa shape index (κ3) is 4.40. The summed E-state index contributed by atoms with van der Waals surface area (Å²) in [6.45, 7) is 9.87. The van der Waals surface area contributed by atoms with Gasteiger partial charge in [0, 0.05) is 13.1 Å². The number of nitrogens with zero attached hydrogens (tertiary/aromatic N) is 1. The predicted molar refractivity (Wildman–Crippen MR) is 74.0 cm³/mol. The number of amides is 2. The molecule has 2 amide bonds. The maximum Gasteiger partial charge on any atom is 0.326 e. The molecule has 0 bridgehead atoms. The van der Waals surface area contributed by atoms with E-state index in [2.05, 4.69) is 26.1 Å². The first kappa shape index (κ1) is 15.8. The van der Waals surface area contributed by atoms with Crippen molar-refractivity contribution in [1.82, 2.24) is 10.2 Å². The first-order valence-electron chi connectivity index (χ1n) is 7.04. The fourth-order valence-corrected chi connectivity index (χ4v) is 2.44. The number of carbonyl (C=O) groups excluding carboxylic acids is 1. The van der Waals surface area contributed by atoms with Crippen LogP contribution in [0.2, 0.25) is 0 Å². The first-order chi connectivity index (χ1) is 8.75. The SMILES string of the molecule is CCCC(NC(=O)N1CCC(C(C)(C)C)C1)C(=O)O. The maximum absolute atomic E-state index is 12.1. The predicted octanol–water partition coefficient (Wildman–Crippen LogP) is 2.32. The van der Waals surface area contributed by atoms with Gasteiger partial charge in [0.25, 0.3) is 0 Å². The number of carboxylic acid groups (broad SMARTS) is 1. The lowest BCUT2D eigenvalue weighted by atomic mass is 9.80. The number of hydrogen-bond donors (Lipinski definition) is 2. The lowest BCUT2D eigenvalue weighted by Gasteiger charge is -2.27. The van der Waals surface area contributed by atoms with E-state index in [1.165, 1.54) is 0 Å². The standard InChI is InChI=1S/C14H26N2O3/c1-5-6-11(12(17)18)15-13(19)16-8-7-10(9-16)14(2,3)4/h10-11H,5-9H2,1-4H3,(H,15,19)(H,17,18). The molecule has 5 heteroatoms. The Labute approximate surface area is 115 Å². The van der Waals surface area contributed by atoms with Crippen LogP contribution in [0.1, 0.15) is 47.0 Å². The molecule has 1 rings (SSSR count). The van der Waals surface area contributed by atoms with Crippen molar-refractivity contribution in [3.63, 3.8) is 0 Å². The fraction of sp³-hybridized carbons (Fsp3) is 0.857. The largest absolute Gasteiger partial charge is 0.480 e. The number of carbonyl (C=O) groups is 2. The molecular weight excluding hydrogens is 244 g/mol. The van der Waals surface area contributed by atoms with Gasteiger partial charge < -0.3 is 15.3 Å². The van der Waals surface area contributed by atoms with Crippen molar-refractivity contribution in [2.45, 2.75) is 53.0 Å². The van der Waals surface area contributed by atoms with Crippen molar-refractivity contribution in [2.24, 2.45) is 11.3 Å². The second kappa shape index (κ2) is 6.26. The van der Waals surface area contributed by atoms with Crippen LogP contribution < -0.4 is 5.32 Å². The summed E-state index contributed by atoms with van der Waals surface area (Å²) in [4.78, 5) is 24.8. The van der Waals surface area contributed by atoms with E-state index in [-0.39, 0.29) is 11.4 Å². The van der Waals surface area contributed by atoms with E-state index in [1.54, 1.807) is 4.90 Å². The van der Waals surface area contributed by atoms with E-state index >= 15 is 0 Å². The normalized spacial score (nSPS) is 21.3. The molecule has 19 heavy (non-hydrogen) atoms.